The summed E-state index contributed by atoms with van der Waals surface area (Å²) in [6.07, 6.45) is 2.53. The maximum absolute atomic E-state index is 12.1. The molecule has 0 unspecified atom stereocenters. The van der Waals surface area contributed by atoms with Crippen LogP contribution in [0.2, 0.25) is 5.02 Å². The fraction of sp³-hybridized carbons (Fsp3) is 0.500. The second kappa shape index (κ2) is 6.94. The molecule has 2 rings (SSSR count). The lowest BCUT2D eigenvalue weighted by atomic mass is 10.1. The molecule has 0 radical (unpaired) electrons. The van der Waals surface area contributed by atoms with Crippen molar-refractivity contribution in [1.29, 1.82) is 0 Å². The summed E-state index contributed by atoms with van der Waals surface area (Å²) in [5, 5.41) is 0.646. The van der Waals surface area contributed by atoms with E-state index in [1.807, 2.05) is 24.0 Å². The van der Waals surface area contributed by atoms with Crippen LogP contribution in [0.25, 0.3) is 0 Å². The van der Waals surface area contributed by atoms with Crippen molar-refractivity contribution in [2.24, 2.45) is 0 Å². The molecule has 1 aliphatic heterocycles. The minimum Gasteiger partial charge on any atom is -0.343 e. The third-order valence-corrected chi connectivity index (χ3v) is 4.07. The zero-order valence-corrected chi connectivity index (χ0v) is 13.3. The van der Waals surface area contributed by atoms with Crippen LogP contribution in [0.3, 0.4) is 0 Å². The molecule has 0 aromatic heterocycles. The zero-order chi connectivity index (χ0) is 15.4. The van der Waals surface area contributed by atoms with Gasteiger partial charge in [0, 0.05) is 43.7 Å². The topological polar surface area (TPSA) is 40.6 Å². The highest BCUT2D eigenvalue weighted by atomic mass is 35.5. The lowest BCUT2D eigenvalue weighted by Gasteiger charge is -2.24. The summed E-state index contributed by atoms with van der Waals surface area (Å²) in [6, 6.07) is 5.43. The van der Waals surface area contributed by atoms with Gasteiger partial charge in [-0.05, 0) is 43.5 Å². The number of amides is 2. The first-order chi connectivity index (χ1) is 9.99. The fourth-order valence-electron chi connectivity index (χ4n) is 2.70. The molecule has 1 saturated heterocycles. The predicted molar refractivity (Wildman–Crippen MR) is 84.6 cm³/mol. The summed E-state index contributed by atoms with van der Waals surface area (Å²) in [4.78, 5) is 27.5. The van der Waals surface area contributed by atoms with Crippen LogP contribution < -0.4 is 4.90 Å². The van der Waals surface area contributed by atoms with E-state index in [-0.39, 0.29) is 11.8 Å². The molecule has 1 aliphatic rings. The Bertz CT molecular complexity index is 539. The van der Waals surface area contributed by atoms with Crippen LogP contribution in [0, 0.1) is 6.92 Å². The predicted octanol–water partition coefficient (Wildman–Crippen LogP) is 3.01. The molecule has 4 nitrogen and oxygen atoms in total. The van der Waals surface area contributed by atoms with Crippen LogP contribution in [0.4, 0.5) is 5.69 Å². The second-order valence-electron chi connectivity index (χ2n) is 5.44. The molecule has 1 aromatic rings. The van der Waals surface area contributed by atoms with Gasteiger partial charge in [-0.25, -0.2) is 0 Å². The van der Waals surface area contributed by atoms with Gasteiger partial charge in [-0.15, -0.1) is 0 Å². The average Bonchev–Trinajstić information content (AvgIpc) is 2.94. The van der Waals surface area contributed by atoms with E-state index in [9.17, 15) is 9.59 Å². The Morgan fingerprint density at radius 1 is 1.29 bits per heavy atom. The molecule has 21 heavy (non-hydrogen) atoms. The number of rotatable bonds is 4. The van der Waals surface area contributed by atoms with E-state index in [1.54, 1.807) is 11.0 Å². The summed E-state index contributed by atoms with van der Waals surface area (Å²) in [6.45, 7) is 5.54. The first-order valence-electron chi connectivity index (χ1n) is 7.31. The summed E-state index contributed by atoms with van der Waals surface area (Å²) < 4.78 is 0. The summed E-state index contributed by atoms with van der Waals surface area (Å²) in [5.41, 5.74) is 1.76. The van der Waals surface area contributed by atoms with Crippen molar-refractivity contribution in [3.8, 4) is 0 Å². The highest BCUT2D eigenvalue weighted by Gasteiger charge is 2.20. The van der Waals surface area contributed by atoms with Gasteiger partial charge >= 0.3 is 0 Å². The maximum Gasteiger partial charge on any atom is 0.224 e. The molecule has 5 heteroatoms. The zero-order valence-electron chi connectivity index (χ0n) is 12.6. The Balaban J connectivity index is 2.05. The number of hydrogen-bond donors (Lipinski definition) is 0. The summed E-state index contributed by atoms with van der Waals surface area (Å²) in [5.74, 6) is 0.0695. The molecular weight excluding hydrogens is 288 g/mol. The number of benzene rings is 1. The normalized spacial score (nSPS) is 14.3. The van der Waals surface area contributed by atoms with Crippen molar-refractivity contribution in [3.05, 3.63) is 28.8 Å². The highest BCUT2D eigenvalue weighted by Crippen LogP contribution is 2.24. The molecule has 2 amide bonds. The highest BCUT2D eigenvalue weighted by molar-refractivity contribution is 6.30. The van der Waals surface area contributed by atoms with Gasteiger partial charge in [0.05, 0.1) is 0 Å². The van der Waals surface area contributed by atoms with E-state index in [1.165, 1.54) is 6.92 Å². The Morgan fingerprint density at radius 2 is 1.95 bits per heavy atom. The van der Waals surface area contributed by atoms with Crippen LogP contribution in [-0.4, -0.2) is 36.3 Å². The fourth-order valence-corrected chi connectivity index (χ4v) is 2.93. The SMILES string of the molecule is CC(=O)N(CCC(=O)N1CCCC1)c1ccc(Cl)cc1C. The maximum atomic E-state index is 12.1. The third kappa shape index (κ3) is 3.97. The minimum atomic E-state index is -0.0605. The van der Waals surface area contributed by atoms with Gasteiger partial charge < -0.3 is 9.80 Å². The molecule has 0 N–H and O–H groups in total. The van der Waals surface area contributed by atoms with E-state index in [0.717, 1.165) is 37.2 Å². The van der Waals surface area contributed by atoms with Gasteiger partial charge in [-0.3, -0.25) is 9.59 Å². The van der Waals surface area contributed by atoms with Gasteiger partial charge in [0.1, 0.15) is 0 Å². The van der Waals surface area contributed by atoms with Crippen LogP contribution in [-0.2, 0) is 9.59 Å². The average molecular weight is 309 g/mol. The minimum absolute atomic E-state index is 0.0605. The number of carbonyl (C=O) groups excluding carboxylic acids is 2. The van der Waals surface area contributed by atoms with Gasteiger partial charge in [0.25, 0.3) is 0 Å². The van der Waals surface area contributed by atoms with Gasteiger partial charge in [-0.2, -0.15) is 0 Å². The monoisotopic (exact) mass is 308 g/mol. The number of carbonyl (C=O) groups is 2. The van der Waals surface area contributed by atoms with E-state index >= 15 is 0 Å². The molecule has 0 saturated carbocycles. The van der Waals surface area contributed by atoms with Crippen molar-refractivity contribution in [1.82, 2.24) is 4.90 Å². The lowest BCUT2D eigenvalue weighted by Crippen LogP contribution is -2.35. The molecule has 1 heterocycles. The van der Waals surface area contributed by atoms with Gasteiger partial charge in [0.2, 0.25) is 11.8 Å². The van der Waals surface area contributed by atoms with E-state index in [2.05, 4.69) is 0 Å². The number of hydrogen-bond acceptors (Lipinski definition) is 2. The summed E-state index contributed by atoms with van der Waals surface area (Å²) in [7, 11) is 0. The first-order valence-corrected chi connectivity index (χ1v) is 7.69. The largest absolute Gasteiger partial charge is 0.343 e. The van der Waals surface area contributed by atoms with Crippen LogP contribution in [0.15, 0.2) is 18.2 Å². The first kappa shape index (κ1) is 15.8. The van der Waals surface area contributed by atoms with Crippen LogP contribution >= 0.6 is 11.6 Å². The van der Waals surface area contributed by atoms with Crippen molar-refractivity contribution < 1.29 is 9.59 Å². The van der Waals surface area contributed by atoms with Gasteiger partial charge in [-0.1, -0.05) is 11.6 Å². The number of halogens is 1. The number of nitrogens with zero attached hydrogens (tertiary/aromatic N) is 2. The smallest absolute Gasteiger partial charge is 0.224 e. The van der Waals surface area contributed by atoms with E-state index < -0.39 is 0 Å². The lowest BCUT2D eigenvalue weighted by molar-refractivity contribution is -0.129. The van der Waals surface area contributed by atoms with Crippen molar-refractivity contribution in [2.75, 3.05) is 24.5 Å². The molecule has 0 spiro atoms. The van der Waals surface area contributed by atoms with Gasteiger partial charge in [0.15, 0.2) is 0 Å². The molecule has 114 valence electrons. The number of likely N-dealkylation sites (tertiary alicyclic amines) is 1. The molecule has 1 fully saturated rings. The van der Waals surface area contributed by atoms with Crippen molar-refractivity contribution in [2.45, 2.75) is 33.1 Å². The third-order valence-electron chi connectivity index (χ3n) is 3.84. The Labute approximate surface area is 130 Å². The van der Waals surface area contributed by atoms with Crippen molar-refractivity contribution in [3.63, 3.8) is 0 Å². The number of anilines is 1. The Kier molecular flexibility index (Phi) is 5.23. The quantitative estimate of drug-likeness (QED) is 0.858. The molecular formula is C16H21ClN2O2. The molecule has 0 aliphatic carbocycles. The number of aryl methyl sites for hydroxylation is 1. The standard InChI is InChI=1S/C16H21ClN2O2/c1-12-11-14(17)5-6-15(12)19(13(2)20)10-7-16(21)18-8-3-4-9-18/h5-6,11H,3-4,7-10H2,1-2H3. The van der Waals surface area contributed by atoms with E-state index in [4.69, 9.17) is 11.6 Å². The molecule has 0 bridgehead atoms. The summed E-state index contributed by atoms with van der Waals surface area (Å²) >= 11 is 5.95. The van der Waals surface area contributed by atoms with Crippen LogP contribution in [0.1, 0.15) is 31.7 Å². The molecule has 0 atom stereocenters. The van der Waals surface area contributed by atoms with Crippen LogP contribution in [0.5, 0.6) is 0 Å². The second-order valence-corrected chi connectivity index (χ2v) is 5.88. The van der Waals surface area contributed by atoms with Crippen molar-refractivity contribution >= 4 is 29.1 Å². The Morgan fingerprint density at radius 3 is 2.52 bits per heavy atom. The Hall–Kier alpha value is -1.55. The molecule has 1 aromatic carbocycles. The van der Waals surface area contributed by atoms with E-state index in [0.29, 0.717) is 18.0 Å².